The lowest BCUT2D eigenvalue weighted by Gasteiger charge is -2.16. The summed E-state index contributed by atoms with van der Waals surface area (Å²) in [6, 6.07) is 7.32. The molecule has 11 heteroatoms. The van der Waals surface area contributed by atoms with E-state index in [-0.39, 0.29) is 23.4 Å². The number of aromatic nitrogens is 4. The summed E-state index contributed by atoms with van der Waals surface area (Å²) >= 11 is 0. The Morgan fingerprint density at radius 2 is 1.87 bits per heavy atom. The number of hydrogen-bond acceptors (Lipinski definition) is 6. The monoisotopic (exact) mass is 414 g/mol. The number of primary amides is 1. The molecule has 154 valence electrons. The van der Waals surface area contributed by atoms with Gasteiger partial charge in [-0.2, -0.15) is 13.9 Å². The minimum atomic E-state index is -3.01. The Bertz CT molecular complexity index is 1060. The lowest BCUT2D eigenvalue weighted by molar-refractivity contribution is -0.137. The molecule has 0 aliphatic rings. The van der Waals surface area contributed by atoms with E-state index < -0.39 is 30.2 Å². The van der Waals surface area contributed by atoms with Gasteiger partial charge in [0.05, 0.1) is 11.8 Å². The molecule has 9 nitrogen and oxygen atoms in total. The third-order valence-corrected chi connectivity index (χ3v) is 4.13. The fourth-order valence-corrected chi connectivity index (χ4v) is 2.74. The quantitative estimate of drug-likeness (QED) is 0.531. The number of amides is 2. The van der Waals surface area contributed by atoms with Crippen LogP contribution >= 0.6 is 0 Å². The van der Waals surface area contributed by atoms with Crippen LogP contribution in [0.15, 0.2) is 55.1 Å². The molecule has 1 aromatic carbocycles. The number of halogens is 2. The van der Waals surface area contributed by atoms with Crippen molar-refractivity contribution >= 4 is 17.6 Å². The molecule has 2 amide bonds. The zero-order chi connectivity index (χ0) is 21.7. The van der Waals surface area contributed by atoms with Crippen molar-refractivity contribution in [2.45, 2.75) is 19.0 Å². The van der Waals surface area contributed by atoms with Crippen LogP contribution in [-0.2, 0) is 16.0 Å². The van der Waals surface area contributed by atoms with E-state index in [1.165, 1.54) is 18.6 Å². The molecule has 0 radical (unpaired) electrons. The van der Waals surface area contributed by atoms with Crippen molar-refractivity contribution in [3.63, 3.8) is 0 Å². The molecule has 0 saturated heterocycles. The topological polar surface area (TPSA) is 133 Å². The van der Waals surface area contributed by atoms with E-state index in [4.69, 9.17) is 5.73 Å². The van der Waals surface area contributed by atoms with Gasteiger partial charge in [0.2, 0.25) is 5.78 Å². The summed E-state index contributed by atoms with van der Waals surface area (Å²) < 4.78 is 26.6. The molecule has 0 spiro atoms. The fourth-order valence-electron chi connectivity index (χ4n) is 2.74. The summed E-state index contributed by atoms with van der Waals surface area (Å²) in [5.74, 6) is -3.14. The van der Waals surface area contributed by atoms with E-state index in [1.807, 2.05) is 0 Å². The number of carbonyl (C=O) groups is 3. The van der Waals surface area contributed by atoms with Gasteiger partial charge < -0.3 is 11.1 Å². The highest BCUT2D eigenvalue weighted by molar-refractivity contribution is 6.38. The Hall–Kier alpha value is -4.02. The van der Waals surface area contributed by atoms with E-state index in [9.17, 15) is 23.2 Å². The van der Waals surface area contributed by atoms with Crippen molar-refractivity contribution in [1.29, 1.82) is 0 Å². The Kier molecular flexibility index (Phi) is 6.20. The molecule has 2 heterocycles. The van der Waals surface area contributed by atoms with Crippen LogP contribution in [-0.4, -0.2) is 43.4 Å². The van der Waals surface area contributed by atoms with Gasteiger partial charge in [-0.1, -0.05) is 30.3 Å². The number of rotatable bonds is 8. The summed E-state index contributed by atoms with van der Waals surface area (Å²) in [5, 5.41) is 6.09. The van der Waals surface area contributed by atoms with Crippen molar-refractivity contribution < 1.29 is 23.2 Å². The van der Waals surface area contributed by atoms with Gasteiger partial charge in [-0.25, -0.2) is 4.68 Å². The molecule has 3 N–H and O–H groups in total. The first-order chi connectivity index (χ1) is 14.4. The summed E-state index contributed by atoms with van der Waals surface area (Å²) in [6.45, 7) is -3.01. The number of nitrogens with one attached hydrogen (secondary N) is 1. The number of nitrogens with zero attached hydrogens (tertiary/aromatic N) is 4. The lowest BCUT2D eigenvalue weighted by Crippen LogP contribution is -2.47. The standard InChI is InChI=1S/C19H16F2N6O3/c20-19(21)27-10-12(15(26-27)14-9-23-6-7-24-14)18(30)25-13(16(28)17(22)29)8-11-4-2-1-3-5-11/h1-7,9-10,13,19H,8H2,(H2,22,29)(H,25,30). The number of carbonyl (C=O) groups excluding carboxylic acids is 3. The van der Waals surface area contributed by atoms with Gasteiger partial charge in [0.25, 0.3) is 11.8 Å². The van der Waals surface area contributed by atoms with E-state index >= 15 is 0 Å². The second-order valence-electron chi connectivity index (χ2n) is 6.18. The maximum Gasteiger partial charge on any atom is 0.333 e. The van der Waals surface area contributed by atoms with Crippen LogP contribution in [0.2, 0.25) is 0 Å². The zero-order valence-electron chi connectivity index (χ0n) is 15.4. The number of hydrogen-bond donors (Lipinski definition) is 2. The molecule has 0 aliphatic carbocycles. The van der Waals surface area contributed by atoms with Crippen molar-refractivity contribution in [2.75, 3.05) is 0 Å². The highest BCUT2D eigenvalue weighted by atomic mass is 19.3. The van der Waals surface area contributed by atoms with Crippen molar-refractivity contribution in [3.05, 3.63) is 66.2 Å². The SMILES string of the molecule is NC(=O)C(=O)C(Cc1ccccc1)NC(=O)c1cn(C(F)F)nc1-c1cnccn1. The predicted octanol–water partition coefficient (Wildman–Crippen LogP) is 1.13. The maximum atomic E-state index is 13.1. The minimum absolute atomic E-state index is 0.0161. The number of benzene rings is 1. The van der Waals surface area contributed by atoms with Gasteiger partial charge in [0, 0.05) is 25.0 Å². The van der Waals surface area contributed by atoms with Crippen LogP contribution in [0.3, 0.4) is 0 Å². The van der Waals surface area contributed by atoms with E-state index in [2.05, 4.69) is 20.4 Å². The summed E-state index contributed by atoms with van der Waals surface area (Å²) in [6.07, 6.45) is 4.75. The zero-order valence-corrected chi connectivity index (χ0v) is 15.4. The van der Waals surface area contributed by atoms with Gasteiger partial charge in [-0.15, -0.1) is 0 Å². The van der Waals surface area contributed by atoms with Crippen molar-refractivity contribution in [1.82, 2.24) is 25.1 Å². The summed E-state index contributed by atoms with van der Waals surface area (Å²) in [5.41, 5.74) is 5.44. The normalized spacial score (nSPS) is 11.8. The number of ketones is 1. The van der Waals surface area contributed by atoms with Crippen LogP contribution in [0.1, 0.15) is 22.5 Å². The second kappa shape index (κ2) is 8.99. The van der Waals surface area contributed by atoms with Crippen LogP contribution < -0.4 is 11.1 Å². The second-order valence-corrected chi connectivity index (χ2v) is 6.18. The average molecular weight is 414 g/mol. The number of nitrogens with two attached hydrogens (primary N) is 1. The lowest BCUT2D eigenvalue weighted by atomic mass is 10.0. The molecule has 3 aromatic rings. The first-order valence-corrected chi connectivity index (χ1v) is 8.69. The molecule has 1 atom stereocenters. The van der Waals surface area contributed by atoms with Crippen LogP contribution in [0, 0.1) is 0 Å². The minimum Gasteiger partial charge on any atom is -0.363 e. The molecule has 1 unspecified atom stereocenters. The van der Waals surface area contributed by atoms with Crippen LogP contribution in [0.5, 0.6) is 0 Å². The number of Topliss-reactive ketones (excluding diaryl/α,β-unsaturated/α-hetero) is 1. The van der Waals surface area contributed by atoms with Crippen molar-refractivity contribution in [2.24, 2.45) is 5.73 Å². The third-order valence-electron chi connectivity index (χ3n) is 4.13. The summed E-state index contributed by atoms with van der Waals surface area (Å²) in [4.78, 5) is 44.3. The highest BCUT2D eigenvalue weighted by Crippen LogP contribution is 2.22. The molecule has 2 aromatic heterocycles. The Labute approximate surface area is 168 Å². The van der Waals surface area contributed by atoms with Crippen LogP contribution in [0.25, 0.3) is 11.4 Å². The van der Waals surface area contributed by atoms with E-state index in [1.54, 1.807) is 30.3 Å². The predicted molar refractivity (Wildman–Crippen MR) is 100 cm³/mol. The van der Waals surface area contributed by atoms with E-state index in [0.717, 1.165) is 6.20 Å². The smallest absolute Gasteiger partial charge is 0.333 e. The molecular weight excluding hydrogens is 398 g/mol. The molecule has 0 fully saturated rings. The fraction of sp³-hybridized carbons (Fsp3) is 0.158. The number of alkyl halides is 2. The molecule has 3 rings (SSSR count). The van der Waals surface area contributed by atoms with Gasteiger partial charge in [0.15, 0.2) is 0 Å². The molecule has 0 aliphatic heterocycles. The Morgan fingerprint density at radius 3 is 2.47 bits per heavy atom. The van der Waals surface area contributed by atoms with Gasteiger partial charge in [-0.3, -0.25) is 24.4 Å². The van der Waals surface area contributed by atoms with Crippen LogP contribution in [0.4, 0.5) is 8.78 Å². The van der Waals surface area contributed by atoms with Gasteiger partial charge in [-0.05, 0) is 5.56 Å². The maximum absolute atomic E-state index is 13.1. The molecular formula is C19H16F2N6O3. The molecule has 0 saturated carbocycles. The average Bonchev–Trinajstić information content (AvgIpc) is 3.20. The molecule has 0 bridgehead atoms. The third kappa shape index (κ3) is 4.69. The first kappa shape index (κ1) is 20.7. The Morgan fingerprint density at radius 1 is 1.13 bits per heavy atom. The molecule has 30 heavy (non-hydrogen) atoms. The van der Waals surface area contributed by atoms with Crippen molar-refractivity contribution in [3.8, 4) is 11.4 Å². The first-order valence-electron chi connectivity index (χ1n) is 8.69. The van der Waals surface area contributed by atoms with Gasteiger partial charge in [0.1, 0.15) is 17.4 Å². The van der Waals surface area contributed by atoms with Gasteiger partial charge >= 0.3 is 6.55 Å². The highest BCUT2D eigenvalue weighted by Gasteiger charge is 2.29. The summed E-state index contributed by atoms with van der Waals surface area (Å²) in [7, 11) is 0. The largest absolute Gasteiger partial charge is 0.363 e. The Balaban J connectivity index is 1.93. The van der Waals surface area contributed by atoms with E-state index in [0.29, 0.717) is 10.2 Å².